The molecule has 0 aliphatic rings. The van der Waals surface area contributed by atoms with Crippen LogP contribution in [0.15, 0.2) is 29.2 Å². The average Bonchev–Trinajstić information content (AvgIpc) is 2.42. The Morgan fingerprint density at radius 2 is 1.95 bits per heavy atom. The van der Waals surface area contributed by atoms with Crippen LogP contribution >= 0.6 is 11.8 Å². The van der Waals surface area contributed by atoms with Crippen molar-refractivity contribution in [2.45, 2.75) is 45.2 Å². The molecule has 0 amide bonds. The van der Waals surface area contributed by atoms with Gasteiger partial charge in [0.2, 0.25) is 0 Å². The molecule has 0 aromatic heterocycles. The largest absolute Gasteiger partial charge is 0.310 e. The first-order valence-corrected chi connectivity index (χ1v) is 8.31. The molecule has 0 aliphatic carbocycles. The Hall–Kier alpha value is -0.510. The van der Waals surface area contributed by atoms with Crippen molar-refractivity contribution in [1.29, 1.82) is 0 Å². The fraction of sp³-hybridized carbons (Fsp3) is 0.625. The van der Waals surface area contributed by atoms with Gasteiger partial charge in [-0.25, -0.2) is 0 Å². The molecule has 1 N–H and O–H groups in total. The van der Waals surface area contributed by atoms with Crippen LogP contribution in [0.1, 0.15) is 33.3 Å². The van der Waals surface area contributed by atoms with Gasteiger partial charge in [0.15, 0.2) is 0 Å². The van der Waals surface area contributed by atoms with Gasteiger partial charge < -0.3 is 10.2 Å². The first-order chi connectivity index (χ1) is 9.15. The summed E-state index contributed by atoms with van der Waals surface area (Å²) in [5.41, 5.74) is 1.38. The van der Waals surface area contributed by atoms with E-state index in [-0.39, 0.29) is 0 Å². The Morgan fingerprint density at radius 1 is 1.21 bits per heavy atom. The molecule has 0 unspecified atom stereocenters. The molecule has 1 aromatic rings. The molecule has 1 rings (SSSR count). The van der Waals surface area contributed by atoms with Crippen molar-refractivity contribution < 1.29 is 0 Å². The zero-order chi connectivity index (χ0) is 14.1. The maximum atomic E-state index is 3.46. The predicted molar refractivity (Wildman–Crippen MR) is 86.9 cm³/mol. The number of thioether (sulfide) groups is 1. The van der Waals surface area contributed by atoms with Crippen LogP contribution in [0.4, 0.5) is 0 Å². The Labute approximate surface area is 123 Å². The fourth-order valence-corrected chi connectivity index (χ4v) is 2.89. The van der Waals surface area contributed by atoms with Crippen LogP contribution in [0.3, 0.4) is 0 Å². The quantitative estimate of drug-likeness (QED) is 0.696. The Bertz CT molecular complexity index is 348. The number of benzene rings is 1. The summed E-state index contributed by atoms with van der Waals surface area (Å²) in [6.07, 6.45) is 0. The van der Waals surface area contributed by atoms with Gasteiger partial charge >= 0.3 is 0 Å². The van der Waals surface area contributed by atoms with Crippen LogP contribution in [-0.2, 0) is 6.54 Å². The van der Waals surface area contributed by atoms with E-state index in [9.17, 15) is 0 Å². The third-order valence-corrected chi connectivity index (χ3v) is 4.16. The zero-order valence-electron chi connectivity index (χ0n) is 12.8. The van der Waals surface area contributed by atoms with Gasteiger partial charge in [0.05, 0.1) is 0 Å². The summed E-state index contributed by atoms with van der Waals surface area (Å²) in [5.74, 6) is 1.17. The molecule has 0 radical (unpaired) electrons. The van der Waals surface area contributed by atoms with Crippen LogP contribution < -0.4 is 5.32 Å². The molecule has 108 valence electrons. The molecule has 19 heavy (non-hydrogen) atoms. The average molecular weight is 280 g/mol. The molecular weight excluding hydrogens is 252 g/mol. The summed E-state index contributed by atoms with van der Waals surface area (Å²) >= 11 is 1.96. The van der Waals surface area contributed by atoms with Gasteiger partial charge in [-0.05, 0) is 30.8 Å². The first-order valence-electron chi connectivity index (χ1n) is 7.33. The predicted octanol–water partition coefficient (Wildman–Crippen LogP) is 3.62. The molecular formula is C16H28N2S. The summed E-state index contributed by atoms with van der Waals surface area (Å²) in [4.78, 5) is 3.85. The van der Waals surface area contributed by atoms with Gasteiger partial charge in [0.1, 0.15) is 0 Å². The van der Waals surface area contributed by atoms with Crippen molar-refractivity contribution in [2.24, 2.45) is 0 Å². The van der Waals surface area contributed by atoms with E-state index in [4.69, 9.17) is 0 Å². The highest BCUT2D eigenvalue weighted by Gasteiger charge is 2.01. The number of rotatable bonds is 9. The molecule has 0 heterocycles. The highest BCUT2D eigenvalue weighted by Crippen LogP contribution is 2.19. The van der Waals surface area contributed by atoms with E-state index in [1.807, 2.05) is 11.8 Å². The zero-order valence-corrected chi connectivity index (χ0v) is 13.6. The van der Waals surface area contributed by atoms with Crippen LogP contribution in [0.25, 0.3) is 0 Å². The Kier molecular flexibility index (Phi) is 8.19. The van der Waals surface area contributed by atoms with Crippen LogP contribution in [0.5, 0.6) is 0 Å². The maximum Gasteiger partial charge on any atom is 0.0208 e. The monoisotopic (exact) mass is 280 g/mol. The van der Waals surface area contributed by atoms with Crippen molar-refractivity contribution in [1.82, 2.24) is 10.2 Å². The number of hydrogen-bond donors (Lipinski definition) is 1. The third-order valence-electron chi connectivity index (χ3n) is 3.18. The summed E-state index contributed by atoms with van der Waals surface area (Å²) in [6, 6.07) is 9.42. The first kappa shape index (κ1) is 16.5. The number of nitrogens with zero attached hydrogens (tertiary/aromatic N) is 1. The normalized spacial score (nSPS) is 11.5. The molecule has 2 nitrogen and oxygen atoms in total. The van der Waals surface area contributed by atoms with E-state index in [2.05, 4.69) is 62.2 Å². The van der Waals surface area contributed by atoms with Gasteiger partial charge in [0.25, 0.3) is 0 Å². The summed E-state index contributed by atoms with van der Waals surface area (Å²) in [5, 5.41) is 3.46. The van der Waals surface area contributed by atoms with Crippen molar-refractivity contribution in [2.75, 3.05) is 25.4 Å². The molecule has 0 atom stereocenters. The van der Waals surface area contributed by atoms with E-state index >= 15 is 0 Å². The lowest BCUT2D eigenvalue weighted by Crippen LogP contribution is -2.25. The summed E-state index contributed by atoms with van der Waals surface area (Å²) in [7, 11) is 0. The second kappa shape index (κ2) is 9.40. The van der Waals surface area contributed by atoms with Gasteiger partial charge in [-0.1, -0.05) is 39.8 Å². The van der Waals surface area contributed by atoms with E-state index in [0.717, 1.165) is 19.6 Å². The standard InChI is InChI=1S/C16H28N2S/c1-5-18(6-2)10-11-19-16-9-7-8-15(12-16)13-17-14(3)4/h7-9,12,14,17H,5-6,10-11,13H2,1-4H3. The molecule has 0 bridgehead atoms. The summed E-state index contributed by atoms with van der Waals surface area (Å²) in [6.45, 7) is 13.3. The van der Waals surface area contributed by atoms with Crippen molar-refractivity contribution >= 4 is 11.8 Å². The topological polar surface area (TPSA) is 15.3 Å². The van der Waals surface area contributed by atoms with Crippen molar-refractivity contribution in [3.63, 3.8) is 0 Å². The van der Waals surface area contributed by atoms with Gasteiger partial charge in [0, 0.05) is 29.8 Å². The van der Waals surface area contributed by atoms with Crippen LogP contribution in [0.2, 0.25) is 0 Å². The molecule has 0 aliphatic heterocycles. The third kappa shape index (κ3) is 7.00. The Balaban J connectivity index is 2.39. The lowest BCUT2D eigenvalue weighted by molar-refractivity contribution is 0.324. The van der Waals surface area contributed by atoms with Crippen LogP contribution in [0, 0.1) is 0 Å². The fourth-order valence-electron chi connectivity index (χ4n) is 1.90. The number of hydrogen-bond acceptors (Lipinski definition) is 3. The highest BCUT2D eigenvalue weighted by molar-refractivity contribution is 7.99. The second-order valence-corrected chi connectivity index (χ2v) is 6.23. The van der Waals surface area contributed by atoms with Crippen molar-refractivity contribution in [3.05, 3.63) is 29.8 Å². The molecule has 3 heteroatoms. The molecule has 0 spiro atoms. The van der Waals surface area contributed by atoms with E-state index in [1.54, 1.807) is 0 Å². The van der Waals surface area contributed by atoms with E-state index < -0.39 is 0 Å². The Morgan fingerprint density at radius 3 is 2.58 bits per heavy atom. The van der Waals surface area contributed by atoms with Gasteiger partial charge in [-0.15, -0.1) is 11.8 Å². The van der Waals surface area contributed by atoms with Crippen molar-refractivity contribution in [3.8, 4) is 0 Å². The highest BCUT2D eigenvalue weighted by atomic mass is 32.2. The van der Waals surface area contributed by atoms with Crippen LogP contribution in [-0.4, -0.2) is 36.3 Å². The lowest BCUT2D eigenvalue weighted by Gasteiger charge is -2.17. The minimum Gasteiger partial charge on any atom is -0.310 e. The minimum absolute atomic E-state index is 0.541. The molecule has 1 aromatic carbocycles. The second-order valence-electron chi connectivity index (χ2n) is 5.06. The van der Waals surface area contributed by atoms with Gasteiger partial charge in [-0.3, -0.25) is 0 Å². The summed E-state index contributed by atoms with van der Waals surface area (Å²) < 4.78 is 0. The number of nitrogens with one attached hydrogen (secondary N) is 1. The molecule has 0 saturated heterocycles. The molecule has 0 fully saturated rings. The SMILES string of the molecule is CCN(CC)CCSc1cccc(CNC(C)C)c1. The lowest BCUT2D eigenvalue weighted by atomic mass is 10.2. The van der Waals surface area contributed by atoms with E-state index in [0.29, 0.717) is 6.04 Å². The molecule has 0 saturated carbocycles. The van der Waals surface area contributed by atoms with Gasteiger partial charge in [-0.2, -0.15) is 0 Å². The smallest absolute Gasteiger partial charge is 0.0208 e. The van der Waals surface area contributed by atoms with E-state index in [1.165, 1.54) is 22.8 Å². The maximum absolute atomic E-state index is 3.46. The minimum atomic E-state index is 0.541.